The highest BCUT2D eigenvalue weighted by atomic mass is 79.9. The van der Waals surface area contributed by atoms with Gasteiger partial charge in [-0.05, 0) is 48.9 Å². The molecule has 0 spiro atoms. The van der Waals surface area contributed by atoms with Gasteiger partial charge in [-0.25, -0.2) is 0 Å². The molecular weight excluding hydrogens is 324 g/mol. The molecule has 1 atom stereocenters. The Labute approximate surface area is 138 Å². The molecule has 0 radical (unpaired) electrons. The van der Waals surface area contributed by atoms with Crippen LogP contribution in [0.1, 0.15) is 45.6 Å². The molecule has 1 aromatic rings. The molecule has 0 aliphatic carbocycles. The van der Waals surface area contributed by atoms with E-state index in [2.05, 4.69) is 65.1 Å². The summed E-state index contributed by atoms with van der Waals surface area (Å²) in [4.78, 5) is 2.55. The molecule has 2 rings (SSSR count). The van der Waals surface area contributed by atoms with E-state index >= 15 is 0 Å². The standard InChI is InChI=1S/C18H29BrN2/c1-4-15-6-5-9-21(13-15)17-8-7-16(18(19)10-17)12-20-11-14(2)3/h7-8,10,14-15,20H,4-6,9,11-13H2,1-3H3. The van der Waals surface area contributed by atoms with E-state index in [9.17, 15) is 0 Å². The Morgan fingerprint density at radius 3 is 2.86 bits per heavy atom. The maximum atomic E-state index is 3.75. The van der Waals surface area contributed by atoms with Crippen molar-refractivity contribution in [3.8, 4) is 0 Å². The lowest BCUT2D eigenvalue weighted by molar-refractivity contribution is 0.404. The van der Waals surface area contributed by atoms with Gasteiger partial charge in [-0.2, -0.15) is 0 Å². The van der Waals surface area contributed by atoms with Crippen LogP contribution in [0.15, 0.2) is 22.7 Å². The first kappa shape index (κ1) is 16.8. The van der Waals surface area contributed by atoms with Crippen molar-refractivity contribution in [3.63, 3.8) is 0 Å². The molecular formula is C18H29BrN2. The molecule has 1 N–H and O–H groups in total. The smallest absolute Gasteiger partial charge is 0.0377 e. The molecule has 1 unspecified atom stereocenters. The highest BCUT2D eigenvalue weighted by molar-refractivity contribution is 9.10. The average molecular weight is 353 g/mol. The second-order valence-electron chi connectivity index (χ2n) is 6.66. The zero-order valence-corrected chi connectivity index (χ0v) is 15.2. The molecule has 1 fully saturated rings. The quantitative estimate of drug-likeness (QED) is 0.789. The minimum atomic E-state index is 0.697. The number of anilines is 1. The Morgan fingerprint density at radius 1 is 1.38 bits per heavy atom. The Balaban J connectivity index is 1.97. The van der Waals surface area contributed by atoms with Gasteiger partial charge >= 0.3 is 0 Å². The minimum Gasteiger partial charge on any atom is -0.371 e. The molecule has 21 heavy (non-hydrogen) atoms. The van der Waals surface area contributed by atoms with Crippen LogP contribution in [0, 0.1) is 11.8 Å². The molecule has 1 heterocycles. The lowest BCUT2D eigenvalue weighted by Gasteiger charge is -2.34. The van der Waals surface area contributed by atoms with E-state index in [-0.39, 0.29) is 0 Å². The minimum absolute atomic E-state index is 0.697. The monoisotopic (exact) mass is 352 g/mol. The van der Waals surface area contributed by atoms with E-state index in [1.54, 1.807) is 0 Å². The molecule has 0 saturated carbocycles. The van der Waals surface area contributed by atoms with Crippen molar-refractivity contribution in [2.24, 2.45) is 11.8 Å². The molecule has 1 aromatic carbocycles. The van der Waals surface area contributed by atoms with Crippen molar-refractivity contribution in [3.05, 3.63) is 28.2 Å². The third-order valence-corrected chi connectivity index (χ3v) is 5.10. The fourth-order valence-corrected chi connectivity index (χ4v) is 3.51. The zero-order valence-electron chi connectivity index (χ0n) is 13.7. The summed E-state index contributed by atoms with van der Waals surface area (Å²) in [6.45, 7) is 11.2. The maximum Gasteiger partial charge on any atom is 0.0377 e. The van der Waals surface area contributed by atoms with Gasteiger partial charge in [0.05, 0.1) is 0 Å². The van der Waals surface area contributed by atoms with E-state index in [0.717, 1.165) is 19.0 Å². The summed E-state index contributed by atoms with van der Waals surface area (Å²) in [5.74, 6) is 1.56. The van der Waals surface area contributed by atoms with Gasteiger partial charge in [-0.1, -0.05) is 49.2 Å². The van der Waals surface area contributed by atoms with Crippen LogP contribution in [0.2, 0.25) is 0 Å². The van der Waals surface area contributed by atoms with Crippen molar-refractivity contribution in [1.82, 2.24) is 5.32 Å². The summed E-state index contributed by atoms with van der Waals surface area (Å²) in [5.41, 5.74) is 2.72. The highest BCUT2D eigenvalue weighted by Gasteiger charge is 2.19. The number of piperidine rings is 1. The first-order valence-electron chi connectivity index (χ1n) is 8.34. The van der Waals surface area contributed by atoms with Crippen molar-refractivity contribution in [2.75, 3.05) is 24.5 Å². The SMILES string of the molecule is CCC1CCCN(c2ccc(CNCC(C)C)c(Br)c2)C1. The summed E-state index contributed by atoms with van der Waals surface area (Å²) in [6.07, 6.45) is 4.02. The van der Waals surface area contributed by atoms with E-state index in [1.807, 2.05) is 0 Å². The van der Waals surface area contributed by atoms with Crippen LogP contribution in [0.3, 0.4) is 0 Å². The highest BCUT2D eigenvalue weighted by Crippen LogP contribution is 2.28. The summed E-state index contributed by atoms with van der Waals surface area (Å²) >= 11 is 3.75. The number of halogens is 1. The molecule has 0 amide bonds. The summed E-state index contributed by atoms with van der Waals surface area (Å²) in [6, 6.07) is 6.85. The van der Waals surface area contributed by atoms with Crippen LogP contribution in [-0.4, -0.2) is 19.6 Å². The van der Waals surface area contributed by atoms with E-state index in [0.29, 0.717) is 5.92 Å². The second-order valence-corrected chi connectivity index (χ2v) is 7.52. The maximum absolute atomic E-state index is 3.75. The average Bonchev–Trinajstić information content (AvgIpc) is 2.48. The normalized spacial score (nSPS) is 19.3. The van der Waals surface area contributed by atoms with Gasteiger partial charge in [0.15, 0.2) is 0 Å². The molecule has 1 aliphatic heterocycles. The number of nitrogens with zero attached hydrogens (tertiary/aromatic N) is 1. The lowest BCUT2D eigenvalue weighted by Crippen LogP contribution is -2.35. The Kier molecular flexibility index (Phi) is 6.56. The van der Waals surface area contributed by atoms with Gasteiger partial charge in [0.1, 0.15) is 0 Å². The largest absolute Gasteiger partial charge is 0.371 e. The predicted molar refractivity (Wildman–Crippen MR) is 95.9 cm³/mol. The van der Waals surface area contributed by atoms with Crippen molar-refractivity contribution in [1.29, 1.82) is 0 Å². The van der Waals surface area contributed by atoms with Gasteiger partial charge in [0.2, 0.25) is 0 Å². The molecule has 3 heteroatoms. The lowest BCUT2D eigenvalue weighted by atomic mass is 9.95. The predicted octanol–water partition coefficient (Wildman–Crippen LogP) is 4.82. The molecule has 1 saturated heterocycles. The summed E-state index contributed by atoms with van der Waals surface area (Å²) in [7, 11) is 0. The first-order valence-corrected chi connectivity index (χ1v) is 9.13. The zero-order chi connectivity index (χ0) is 15.2. The molecule has 2 nitrogen and oxygen atoms in total. The molecule has 0 bridgehead atoms. The van der Waals surface area contributed by atoms with Crippen LogP contribution in [0.5, 0.6) is 0 Å². The van der Waals surface area contributed by atoms with Crippen molar-refractivity contribution < 1.29 is 0 Å². The van der Waals surface area contributed by atoms with Crippen molar-refractivity contribution >= 4 is 21.6 Å². The van der Waals surface area contributed by atoms with Crippen LogP contribution >= 0.6 is 15.9 Å². The summed E-state index contributed by atoms with van der Waals surface area (Å²) in [5, 5.41) is 3.51. The Morgan fingerprint density at radius 2 is 2.19 bits per heavy atom. The van der Waals surface area contributed by atoms with Gasteiger partial charge < -0.3 is 10.2 Å². The molecule has 118 valence electrons. The number of rotatable bonds is 6. The number of hydrogen-bond acceptors (Lipinski definition) is 2. The van der Waals surface area contributed by atoms with Crippen molar-refractivity contribution in [2.45, 2.75) is 46.6 Å². The third-order valence-electron chi connectivity index (χ3n) is 4.37. The third kappa shape index (κ3) is 5.00. The fraction of sp³-hybridized carbons (Fsp3) is 0.667. The summed E-state index contributed by atoms with van der Waals surface area (Å²) < 4.78 is 1.23. The number of benzene rings is 1. The number of hydrogen-bond donors (Lipinski definition) is 1. The van der Waals surface area contributed by atoms with Crippen LogP contribution in [0.4, 0.5) is 5.69 Å². The second kappa shape index (κ2) is 8.19. The fourth-order valence-electron chi connectivity index (χ4n) is 3.00. The van der Waals surface area contributed by atoms with Crippen LogP contribution in [-0.2, 0) is 6.54 Å². The van der Waals surface area contributed by atoms with Crippen LogP contribution < -0.4 is 10.2 Å². The Hall–Kier alpha value is -0.540. The topological polar surface area (TPSA) is 15.3 Å². The van der Waals surface area contributed by atoms with Gasteiger partial charge in [0, 0.05) is 29.8 Å². The van der Waals surface area contributed by atoms with E-state index in [1.165, 1.54) is 48.1 Å². The van der Waals surface area contributed by atoms with Crippen LogP contribution in [0.25, 0.3) is 0 Å². The Bertz CT molecular complexity index is 445. The molecule has 0 aromatic heterocycles. The van der Waals surface area contributed by atoms with E-state index < -0.39 is 0 Å². The van der Waals surface area contributed by atoms with E-state index in [4.69, 9.17) is 0 Å². The number of nitrogens with one attached hydrogen (secondary N) is 1. The molecule has 1 aliphatic rings. The first-order chi connectivity index (χ1) is 10.1. The van der Waals surface area contributed by atoms with Gasteiger partial charge in [-0.15, -0.1) is 0 Å². The van der Waals surface area contributed by atoms with Gasteiger partial charge in [-0.3, -0.25) is 0 Å². The van der Waals surface area contributed by atoms with Gasteiger partial charge in [0.25, 0.3) is 0 Å².